The molecule has 0 amide bonds. The number of carbonyl (C=O) groups excluding carboxylic acids is 1. The van der Waals surface area contributed by atoms with Gasteiger partial charge in [-0.1, -0.05) is 70.3 Å². The summed E-state index contributed by atoms with van der Waals surface area (Å²) in [5.74, 6) is 1.04. The van der Waals surface area contributed by atoms with E-state index in [4.69, 9.17) is 23.9 Å². The molecule has 8 nitrogen and oxygen atoms in total. The summed E-state index contributed by atoms with van der Waals surface area (Å²) in [5, 5.41) is 0. The molecule has 0 N–H and O–H groups in total. The molecule has 1 aromatic heterocycles. The topological polar surface area (TPSA) is 88.3 Å². The number of nitrogens with zero attached hydrogens (tertiary/aromatic N) is 2. The van der Waals surface area contributed by atoms with Gasteiger partial charge in [0.05, 0.1) is 36.6 Å². The molecule has 0 bridgehead atoms. The van der Waals surface area contributed by atoms with Crippen molar-refractivity contribution >= 4 is 45.0 Å². The van der Waals surface area contributed by atoms with Crippen LogP contribution in [0.2, 0.25) is 0 Å². The first kappa shape index (κ1) is 30.1. The predicted octanol–water partition coefficient (Wildman–Crippen LogP) is 5.28. The molecule has 1 aliphatic heterocycles. The van der Waals surface area contributed by atoms with Gasteiger partial charge in [-0.3, -0.25) is 9.36 Å². The molecule has 3 aromatic carbocycles. The molecule has 0 fully saturated rings. The minimum atomic E-state index is -0.896. The Morgan fingerprint density at radius 3 is 2.56 bits per heavy atom. The lowest BCUT2D eigenvalue weighted by atomic mass is 9.92. The fraction of sp³-hybridized carbons (Fsp3) is 0.182. The standard InChI is InChI=1S/C33H29BrN2O6S/c1-5-16-42-25-15-12-22(34)17-21(25)18-27-31(37)36-30(24-14-13-23(39-3)19-26(24)40-4)28(32(38)41-6-2)29(35-33(36)43-27)20-10-8-7-9-11-20/h5,7-15,17-19,30H,1,6,16H2,2-4H3/b27-18-/t30-/m0/s1. The molecule has 1 atom stereocenters. The lowest BCUT2D eigenvalue weighted by Gasteiger charge is -2.27. The van der Waals surface area contributed by atoms with E-state index in [-0.39, 0.29) is 17.7 Å². The van der Waals surface area contributed by atoms with Gasteiger partial charge in [0.25, 0.3) is 5.56 Å². The van der Waals surface area contributed by atoms with Crippen molar-refractivity contribution in [3.63, 3.8) is 0 Å². The summed E-state index contributed by atoms with van der Waals surface area (Å²) in [6.07, 6.45) is 3.43. The summed E-state index contributed by atoms with van der Waals surface area (Å²) < 4.78 is 25.4. The summed E-state index contributed by atoms with van der Waals surface area (Å²) in [6, 6.07) is 19.3. The van der Waals surface area contributed by atoms with E-state index in [0.29, 0.717) is 55.6 Å². The van der Waals surface area contributed by atoms with Crippen LogP contribution in [0.3, 0.4) is 0 Å². The molecule has 0 unspecified atom stereocenters. The molecule has 0 saturated heterocycles. The van der Waals surface area contributed by atoms with Crippen LogP contribution in [0.5, 0.6) is 17.2 Å². The van der Waals surface area contributed by atoms with Gasteiger partial charge in [-0.05, 0) is 43.3 Å². The maximum atomic E-state index is 14.3. The second kappa shape index (κ2) is 13.3. The first-order valence-corrected chi connectivity index (χ1v) is 15.0. The van der Waals surface area contributed by atoms with E-state index < -0.39 is 12.0 Å². The zero-order chi connectivity index (χ0) is 30.5. The number of esters is 1. The number of benzene rings is 3. The van der Waals surface area contributed by atoms with Gasteiger partial charge in [-0.25, -0.2) is 9.79 Å². The van der Waals surface area contributed by atoms with Crippen molar-refractivity contribution in [3.05, 3.63) is 126 Å². The second-order valence-electron chi connectivity index (χ2n) is 9.32. The van der Waals surface area contributed by atoms with E-state index in [9.17, 15) is 9.59 Å². The van der Waals surface area contributed by atoms with E-state index in [1.54, 1.807) is 44.4 Å². The largest absolute Gasteiger partial charge is 0.497 e. The highest BCUT2D eigenvalue weighted by Crippen LogP contribution is 2.40. The van der Waals surface area contributed by atoms with Crippen LogP contribution in [0, 0.1) is 0 Å². The average Bonchev–Trinajstić information content (AvgIpc) is 3.34. The number of hydrogen-bond donors (Lipinski definition) is 0. The zero-order valence-corrected chi connectivity index (χ0v) is 26.2. The maximum absolute atomic E-state index is 14.3. The first-order valence-electron chi connectivity index (χ1n) is 13.4. The highest BCUT2D eigenvalue weighted by Gasteiger charge is 2.36. The van der Waals surface area contributed by atoms with Gasteiger partial charge in [0.15, 0.2) is 4.80 Å². The van der Waals surface area contributed by atoms with Crippen molar-refractivity contribution in [3.8, 4) is 17.2 Å². The van der Waals surface area contributed by atoms with Crippen molar-refractivity contribution in [2.45, 2.75) is 13.0 Å². The molecule has 220 valence electrons. The van der Waals surface area contributed by atoms with Crippen LogP contribution < -0.4 is 29.1 Å². The third kappa shape index (κ3) is 6.07. The Kier molecular flexibility index (Phi) is 9.27. The summed E-state index contributed by atoms with van der Waals surface area (Å²) in [5.41, 5.74) is 2.33. The number of thiazole rings is 1. The third-order valence-electron chi connectivity index (χ3n) is 6.72. The quantitative estimate of drug-likeness (QED) is 0.170. The molecule has 43 heavy (non-hydrogen) atoms. The molecule has 10 heteroatoms. The molecule has 0 saturated carbocycles. The number of aromatic nitrogens is 1. The lowest BCUT2D eigenvalue weighted by Crippen LogP contribution is -2.40. The van der Waals surface area contributed by atoms with Crippen LogP contribution in [-0.2, 0) is 9.53 Å². The number of hydrogen-bond acceptors (Lipinski definition) is 8. The summed E-state index contributed by atoms with van der Waals surface area (Å²) in [7, 11) is 3.09. The summed E-state index contributed by atoms with van der Waals surface area (Å²) in [6.45, 7) is 5.92. The van der Waals surface area contributed by atoms with Crippen molar-refractivity contribution < 1.29 is 23.7 Å². The van der Waals surface area contributed by atoms with Crippen LogP contribution in [0.25, 0.3) is 11.8 Å². The van der Waals surface area contributed by atoms with E-state index in [2.05, 4.69) is 22.5 Å². The molecule has 0 spiro atoms. The van der Waals surface area contributed by atoms with Crippen LogP contribution in [0.15, 0.2) is 99.2 Å². The predicted molar refractivity (Wildman–Crippen MR) is 170 cm³/mol. The third-order valence-corrected chi connectivity index (χ3v) is 8.20. The second-order valence-corrected chi connectivity index (χ2v) is 11.2. The highest BCUT2D eigenvalue weighted by molar-refractivity contribution is 9.10. The summed E-state index contributed by atoms with van der Waals surface area (Å²) >= 11 is 4.74. The fourth-order valence-electron chi connectivity index (χ4n) is 4.83. The summed E-state index contributed by atoms with van der Waals surface area (Å²) in [4.78, 5) is 33.3. The van der Waals surface area contributed by atoms with Crippen molar-refractivity contribution in [2.24, 2.45) is 4.99 Å². The number of halogens is 1. The maximum Gasteiger partial charge on any atom is 0.338 e. The van der Waals surface area contributed by atoms with Gasteiger partial charge in [0.2, 0.25) is 0 Å². The molecule has 5 rings (SSSR count). The Balaban J connectivity index is 1.85. The van der Waals surface area contributed by atoms with Gasteiger partial charge < -0.3 is 18.9 Å². The Labute approximate surface area is 261 Å². The van der Waals surface area contributed by atoms with Crippen molar-refractivity contribution in [1.29, 1.82) is 0 Å². The minimum absolute atomic E-state index is 0.150. The monoisotopic (exact) mass is 660 g/mol. The molecule has 0 aliphatic carbocycles. The van der Waals surface area contributed by atoms with E-state index in [0.717, 1.165) is 4.47 Å². The van der Waals surface area contributed by atoms with Crippen LogP contribution in [-0.4, -0.2) is 38.0 Å². The van der Waals surface area contributed by atoms with E-state index in [1.165, 1.54) is 23.0 Å². The van der Waals surface area contributed by atoms with Gasteiger partial charge in [0.1, 0.15) is 29.9 Å². The van der Waals surface area contributed by atoms with Crippen LogP contribution in [0.1, 0.15) is 29.7 Å². The normalized spacial score (nSPS) is 14.5. The van der Waals surface area contributed by atoms with Crippen molar-refractivity contribution in [1.82, 2.24) is 4.57 Å². The van der Waals surface area contributed by atoms with Gasteiger partial charge in [0, 0.05) is 27.2 Å². The van der Waals surface area contributed by atoms with Crippen LogP contribution in [0.4, 0.5) is 0 Å². The number of carbonyl (C=O) groups is 1. The molecular weight excluding hydrogens is 632 g/mol. The van der Waals surface area contributed by atoms with Gasteiger partial charge >= 0.3 is 5.97 Å². The van der Waals surface area contributed by atoms with E-state index in [1.807, 2.05) is 48.5 Å². The lowest BCUT2D eigenvalue weighted by molar-refractivity contribution is -0.138. The Hall–Kier alpha value is -4.41. The number of methoxy groups -OCH3 is 2. The Morgan fingerprint density at radius 1 is 1.07 bits per heavy atom. The SMILES string of the molecule is C=CCOc1ccc(Br)cc1/C=c1\sc2n(c1=O)[C@@H](c1ccc(OC)cc1OC)C(C(=O)OCC)=C(c1ccccc1)N=2. The molecule has 0 radical (unpaired) electrons. The number of fused-ring (bicyclic) bond motifs is 1. The molecular formula is C33H29BrN2O6S. The number of rotatable bonds is 10. The smallest absolute Gasteiger partial charge is 0.338 e. The van der Waals surface area contributed by atoms with Crippen LogP contribution >= 0.6 is 27.3 Å². The molecule has 4 aromatic rings. The number of ether oxygens (including phenoxy) is 4. The fourth-order valence-corrected chi connectivity index (χ4v) is 6.20. The molecule has 1 aliphatic rings. The Bertz CT molecular complexity index is 1890. The first-order chi connectivity index (χ1) is 20.9. The van der Waals surface area contributed by atoms with E-state index >= 15 is 0 Å². The Morgan fingerprint density at radius 2 is 1.86 bits per heavy atom. The van der Waals surface area contributed by atoms with Gasteiger partial charge in [-0.15, -0.1) is 0 Å². The highest BCUT2D eigenvalue weighted by atomic mass is 79.9. The van der Waals surface area contributed by atoms with Crippen molar-refractivity contribution in [2.75, 3.05) is 27.4 Å². The minimum Gasteiger partial charge on any atom is -0.497 e. The molecule has 2 heterocycles. The average molecular weight is 662 g/mol. The van der Waals surface area contributed by atoms with Gasteiger partial charge in [-0.2, -0.15) is 0 Å². The zero-order valence-electron chi connectivity index (χ0n) is 23.8.